The van der Waals surface area contributed by atoms with E-state index >= 15 is 0 Å². The van der Waals surface area contributed by atoms with Crippen LogP contribution in [0.5, 0.6) is 0 Å². The average Bonchev–Trinajstić information content (AvgIpc) is 3.03. The minimum absolute atomic E-state index is 0.220. The van der Waals surface area contributed by atoms with E-state index in [9.17, 15) is 5.11 Å². The first-order chi connectivity index (χ1) is 11.3. The van der Waals surface area contributed by atoms with E-state index in [0.29, 0.717) is 17.7 Å². The molecule has 3 rings (SSSR count). The van der Waals surface area contributed by atoms with Crippen LogP contribution in [0.2, 0.25) is 0 Å². The predicted octanol–water partition coefficient (Wildman–Crippen LogP) is 3.42. The summed E-state index contributed by atoms with van der Waals surface area (Å²) in [5.41, 5.74) is 0.566. The van der Waals surface area contributed by atoms with Crippen LogP contribution in [0.25, 0.3) is 0 Å². The molecule has 1 saturated heterocycles. The summed E-state index contributed by atoms with van der Waals surface area (Å²) in [6, 6.07) is 9.62. The van der Waals surface area contributed by atoms with Crippen LogP contribution in [0, 0.1) is 11.3 Å². The fourth-order valence-corrected chi connectivity index (χ4v) is 3.20. The molecule has 2 atom stereocenters. The molecule has 3 heterocycles. The number of nitriles is 1. The second kappa shape index (κ2) is 7.30. The lowest BCUT2D eigenvalue weighted by Crippen LogP contribution is -2.36. The smallest absolute Gasteiger partial charge is 0.132 e. The van der Waals surface area contributed by atoms with Crippen LogP contribution in [0.4, 0.5) is 5.82 Å². The first-order valence-corrected chi connectivity index (χ1v) is 8.12. The number of aromatic nitrogens is 1. The van der Waals surface area contributed by atoms with Crippen molar-refractivity contribution in [2.75, 3.05) is 11.4 Å². The van der Waals surface area contributed by atoms with E-state index in [-0.39, 0.29) is 6.04 Å². The SMILES string of the molecule is N#Cc1ccc(N2CCCCC[C@H]2C[C@@H](O)c2ccco2)nc1. The maximum absolute atomic E-state index is 10.4. The van der Waals surface area contributed by atoms with Gasteiger partial charge in [-0.25, -0.2) is 4.98 Å². The standard InChI is InChI=1S/C18H21N3O2/c19-12-14-7-8-18(20-13-14)21-9-3-1-2-5-15(21)11-16(22)17-6-4-10-23-17/h4,6-8,10,13,15-16,22H,1-3,5,9,11H2/t15-,16+/m0/s1. The van der Waals surface area contributed by atoms with Crippen molar-refractivity contribution in [2.45, 2.75) is 44.2 Å². The highest BCUT2D eigenvalue weighted by Gasteiger charge is 2.26. The highest BCUT2D eigenvalue weighted by Crippen LogP contribution is 2.29. The van der Waals surface area contributed by atoms with Gasteiger partial charge < -0.3 is 14.4 Å². The molecule has 1 aliphatic heterocycles. The molecule has 1 fully saturated rings. The Kier molecular flexibility index (Phi) is 4.94. The molecule has 0 spiro atoms. The van der Waals surface area contributed by atoms with E-state index in [1.54, 1.807) is 24.6 Å². The number of nitrogens with zero attached hydrogens (tertiary/aromatic N) is 3. The molecule has 5 heteroatoms. The van der Waals surface area contributed by atoms with E-state index in [4.69, 9.17) is 9.68 Å². The van der Waals surface area contributed by atoms with Gasteiger partial charge in [-0.15, -0.1) is 0 Å². The van der Waals surface area contributed by atoms with Gasteiger partial charge in [-0.05, 0) is 37.1 Å². The summed E-state index contributed by atoms with van der Waals surface area (Å²) in [5.74, 6) is 1.49. The van der Waals surface area contributed by atoms with Crippen LogP contribution >= 0.6 is 0 Å². The Bertz CT molecular complexity index is 646. The zero-order valence-corrected chi connectivity index (χ0v) is 13.1. The quantitative estimate of drug-likeness (QED) is 0.936. The van der Waals surface area contributed by atoms with Crippen LogP contribution in [0.15, 0.2) is 41.1 Å². The molecule has 23 heavy (non-hydrogen) atoms. The van der Waals surface area contributed by atoms with Crippen LogP contribution in [-0.2, 0) is 0 Å². The lowest BCUT2D eigenvalue weighted by molar-refractivity contribution is 0.129. The molecule has 5 nitrogen and oxygen atoms in total. The molecular formula is C18H21N3O2. The Balaban J connectivity index is 1.78. The Hall–Kier alpha value is -2.32. The molecule has 0 amide bonds. The first-order valence-electron chi connectivity index (χ1n) is 8.12. The summed E-state index contributed by atoms with van der Waals surface area (Å²) < 4.78 is 5.32. The largest absolute Gasteiger partial charge is 0.467 e. The molecule has 0 bridgehead atoms. The fraction of sp³-hybridized carbons (Fsp3) is 0.444. The molecule has 0 unspecified atom stereocenters. The number of pyridine rings is 1. The summed E-state index contributed by atoms with van der Waals surface area (Å²) in [5, 5.41) is 19.3. The van der Waals surface area contributed by atoms with Crippen LogP contribution in [-0.4, -0.2) is 22.7 Å². The van der Waals surface area contributed by atoms with Gasteiger partial charge in [0.25, 0.3) is 0 Å². The Morgan fingerprint density at radius 2 is 2.26 bits per heavy atom. The summed E-state index contributed by atoms with van der Waals surface area (Å²) in [7, 11) is 0. The highest BCUT2D eigenvalue weighted by atomic mass is 16.4. The number of aliphatic hydroxyl groups is 1. The monoisotopic (exact) mass is 311 g/mol. The Labute approximate surface area is 136 Å². The third-order valence-corrected chi connectivity index (χ3v) is 4.42. The zero-order chi connectivity index (χ0) is 16.1. The van der Waals surface area contributed by atoms with E-state index in [1.807, 2.05) is 12.1 Å². The summed E-state index contributed by atoms with van der Waals surface area (Å²) >= 11 is 0. The molecule has 0 aliphatic carbocycles. The van der Waals surface area contributed by atoms with Gasteiger partial charge in [0.05, 0.1) is 11.8 Å². The van der Waals surface area contributed by atoms with E-state index in [0.717, 1.165) is 31.6 Å². The van der Waals surface area contributed by atoms with Gasteiger partial charge >= 0.3 is 0 Å². The number of hydrogen-bond donors (Lipinski definition) is 1. The molecule has 120 valence electrons. The van der Waals surface area contributed by atoms with Crippen LogP contribution in [0.1, 0.15) is 49.5 Å². The van der Waals surface area contributed by atoms with Crippen molar-refractivity contribution >= 4 is 5.82 Å². The lowest BCUT2D eigenvalue weighted by atomic mass is 10.0. The molecular weight excluding hydrogens is 290 g/mol. The molecule has 0 radical (unpaired) electrons. The third-order valence-electron chi connectivity index (χ3n) is 4.42. The van der Waals surface area contributed by atoms with E-state index < -0.39 is 6.10 Å². The van der Waals surface area contributed by atoms with Crippen molar-refractivity contribution in [3.63, 3.8) is 0 Å². The minimum atomic E-state index is -0.603. The van der Waals surface area contributed by atoms with Crippen molar-refractivity contribution in [3.8, 4) is 6.07 Å². The second-order valence-corrected chi connectivity index (χ2v) is 5.98. The van der Waals surface area contributed by atoms with Gasteiger partial charge in [-0.1, -0.05) is 12.8 Å². The molecule has 0 saturated carbocycles. The van der Waals surface area contributed by atoms with Crippen molar-refractivity contribution in [3.05, 3.63) is 48.0 Å². The number of hydrogen-bond acceptors (Lipinski definition) is 5. The third kappa shape index (κ3) is 3.72. The second-order valence-electron chi connectivity index (χ2n) is 5.98. The van der Waals surface area contributed by atoms with Gasteiger partial charge in [-0.3, -0.25) is 0 Å². The summed E-state index contributed by atoms with van der Waals surface area (Å²) in [6.07, 6.45) is 7.71. The average molecular weight is 311 g/mol. The lowest BCUT2D eigenvalue weighted by Gasteiger charge is -2.32. The molecule has 0 aromatic carbocycles. The van der Waals surface area contributed by atoms with Gasteiger partial charge in [0, 0.05) is 25.2 Å². The van der Waals surface area contributed by atoms with Crippen molar-refractivity contribution in [1.29, 1.82) is 5.26 Å². The molecule has 1 aliphatic rings. The van der Waals surface area contributed by atoms with Gasteiger partial charge in [-0.2, -0.15) is 5.26 Å². The van der Waals surface area contributed by atoms with Crippen LogP contribution in [0.3, 0.4) is 0 Å². The molecule has 2 aromatic rings. The van der Waals surface area contributed by atoms with Gasteiger partial charge in [0.15, 0.2) is 0 Å². The topological polar surface area (TPSA) is 73.3 Å². The highest BCUT2D eigenvalue weighted by molar-refractivity contribution is 5.43. The maximum atomic E-state index is 10.4. The van der Waals surface area contributed by atoms with Crippen molar-refractivity contribution < 1.29 is 9.52 Å². The number of aliphatic hydroxyl groups excluding tert-OH is 1. The Morgan fingerprint density at radius 1 is 1.35 bits per heavy atom. The summed E-state index contributed by atoms with van der Waals surface area (Å²) in [6.45, 7) is 0.925. The van der Waals surface area contributed by atoms with E-state index in [2.05, 4.69) is 16.0 Å². The van der Waals surface area contributed by atoms with Crippen LogP contribution < -0.4 is 4.90 Å². The van der Waals surface area contributed by atoms with E-state index in [1.165, 1.54) is 6.42 Å². The summed E-state index contributed by atoms with van der Waals surface area (Å²) in [4.78, 5) is 6.70. The van der Waals surface area contributed by atoms with Gasteiger partial charge in [0.2, 0.25) is 0 Å². The molecule has 1 N–H and O–H groups in total. The normalized spacial score (nSPS) is 19.8. The van der Waals surface area contributed by atoms with Crippen molar-refractivity contribution in [2.24, 2.45) is 0 Å². The Morgan fingerprint density at radius 3 is 2.96 bits per heavy atom. The number of anilines is 1. The van der Waals surface area contributed by atoms with Gasteiger partial charge in [0.1, 0.15) is 23.8 Å². The first kappa shape index (κ1) is 15.6. The number of furan rings is 1. The predicted molar refractivity (Wildman–Crippen MR) is 86.8 cm³/mol. The van der Waals surface area contributed by atoms with Crippen molar-refractivity contribution in [1.82, 2.24) is 4.98 Å². The molecule has 2 aromatic heterocycles. The minimum Gasteiger partial charge on any atom is -0.467 e. The fourth-order valence-electron chi connectivity index (χ4n) is 3.20. The zero-order valence-electron chi connectivity index (χ0n) is 13.1. The number of rotatable bonds is 4. The maximum Gasteiger partial charge on any atom is 0.132 e.